The molecule has 0 aliphatic carbocycles. The fourth-order valence-corrected chi connectivity index (χ4v) is 1.35. The summed E-state index contributed by atoms with van der Waals surface area (Å²) < 4.78 is 23.0. The Hall–Kier alpha value is -1.00. The molecule has 0 spiro atoms. The molecule has 0 fully saturated rings. The Morgan fingerprint density at radius 1 is 1.43 bits per heavy atom. The van der Waals surface area contributed by atoms with E-state index < -0.39 is 12.4 Å². The molecule has 0 aliphatic rings. The third-order valence-corrected chi connectivity index (χ3v) is 2.22. The van der Waals surface area contributed by atoms with Gasteiger partial charge >= 0.3 is 0 Å². The molecule has 0 saturated heterocycles. The maximum atomic E-state index is 13.2. The largest absolute Gasteiger partial charge is 0.493 e. The van der Waals surface area contributed by atoms with Gasteiger partial charge in [0.1, 0.15) is 5.82 Å². The van der Waals surface area contributed by atoms with Crippen LogP contribution < -0.4 is 9.47 Å². The number of hydrogen-bond donors (Lipinski definition) is 1. The third kappa shape index (κ3) is 1.76. The highest BCUT2D eigenvalue weighted by atomic mass is 35.5. The van der Waals surface area contributed by atoms with Crippen LogP contribution in [0.2, 0.25) is 5.02 Å². The minimum Gasteiger partial charge on any atom is -0.493 e. The number of halogens is 2. The van der Waals surface area contributed by atoms with Gasteiger partial charge in [0.15, 0.2) is 11.5 Å². The lowest BCUT2D eigenvalue weighted by atomic mass is 10.2. The van der Waals surface area contributed by atoms with Gasteiger partial charge in [-0.25, -0.2) is 4.39 Å². The first kappa shape index (κ1) is 11.1. The normalized spacial score (nSPS) is 10.1. The standard InChI is InChI=1S/C9H10ClFO3/c1-13-7-3-6(11)8(10)5(4-12)9(7)14-2/h3,12H,4H2,1-2H3. The third-order valence-electron chi connectivity index (χ3n) is 1.81. The van der Waals surface area contributed by atoms with Crippen LogP contribution in [0.3, 0.4) is 0 Å². The van der Waals surface area contributed by atoms with Crippen molar-refractivity contribution in [3.05, 3.63) is 22.5 Å². The van der Waals surface area contributed by atoms with E-state index in [9.17, 15) is 4.39 Å². The van der Waals surface area contributed by atoms with Gasteiger partial charge < -0.3 is 14.6 Å². The smallest absolute Gasteiger partial charge is 0.167 e. The van der Waals surface area contributed by atoms with E-state index in [0.29, 0.717) is 0 Å². The molecule has 0 saturated carbocycles. The predicted octanol–water partition coefficient (Wildman–Crippen LogP) is 1.99. The van der Waals surface area contributed by atoms with Crippen LogP contribution in [-0.4, -0.2) is 19.3 Å². The topological polar surface area (TPSA) is 38.7 Å². The summed E-state index contributed by atoms with van der Waals surface area (Å²) in [5, 5.41) is 8.84. The van der Waals surface area contributed by atoms with Crippen LogP contribution in [-0.2, 0) is 6.61 Å². The molecule has 0 amide bonds. The minimum absolute atomic E-state index is 0.148. The van der Waals surface area contributed by atoms with Gasteiger partial charge in [-0.05, 0) is 0 Å². The molecule has 78 valence electrons. The van der Waals surface area contributed by atoms with Crippen molar-refractivity contribution in [2.75, 3.05) is 14.2 Å². The molecule has 0 aromatic heterocycles. The van der Waals surface area contributed by atoms with Gasteiger partial charge in [-0.2, -0.15) is 0 Å². The zero-order chi connectivity index (χ0) is 10.7. The maximum Gasteiger partial charge on any atom is 0.167 e. The van der Waals surface area contributed by atoms with Crippen molar-refractivity contribution >= 4 is 11.6 Å². The first-order valence-electron chi connectivity index (χ1n) is 3.85. The summed E-state index contributed by atoms with van der Waals surface area (Å²) >= 11 is 5.64. The van der Waals surface area contributed by atoms with Crippen LogP contribution in [0.15, 0.2) is 6.07 Å². The maximum absolute atomic E-state index is 13.2. The SMILES string of the molecule is COc1cc(F)c(Cl)c(CO)c1OC. The van der Waals surface area contributed by atoms with Gasteiger partial charge in [0.05, 0.1) is 25.8 Å². The highest BCUT2D eigenvalue weighted by Crippen LogP contribution is 2.37. The lowest BCUT2D eigenvalue weighted by Gasteiger charge is -2.13. The monoisotopic (exact) mass is 220 g/mol. The predicted molar refractivity (Wildman–Crippen MR) is 50.4 cm³/mol. The molecule has 0 bridgehead atoms. The van der Waals surface area contributed by atoms with E-state index in [2.05, 4.69) is 0 Å². The molecule has 0 atom stereocenters. The van der Waals surface area contributed by atoms with Crippen molar-refractivity contribution in [1.29, 1.82) is 0 Å². The molecular formula is C9H10ClFO3. The number of methoxy groups -OCH3 is 2. The Labute approximate surface area is 86.0 Å². The molecule has 0 unspecified atom stereocenters. The Balaban J connectivity index is 3.42. The number of aliphatic hydroxyl groups is 1. The average Bonchev–Trinajstić information content (AvgIpc) is 2.20. The molecule has 1 aromatic rings. The van der Waals surface area contributed by atoms with E-state index in [1.165, 1.54) is 14.2 Å². The van der Waals surface area contributed by atoms with Crippen LogP contribution in [0.25, 0.3) is 0 Å². The fraction of sp³-hybridized carbons (Fsp3) is 0.333. The summed E-state index contributed by atoms with van der Waals surface area (Å²) in [6.45, 7) is -0.407. The molecule has 1 N–H and O–H groups in total. The molecule has 3 nitrogen and oxygen atoms in total. The van der Waals surface area contributed by atoms with E-state index in [0.717, 1.165) is 6.07 Å². The Bertz CT molecular complexity index is 341. The van der Waals surface area contributed by atoms with E-state index in [-0.39, 0.29) is 22.1 Å². The number of benzene rings is 1. The van der Waals surface area contributed by atoms with Crippen molar-refractivity contribution in [2.24, 2.45) is 0 Å². The van der Waals surface area contributed by atoms with E-state index in [1.54, 1.807) is 0 Å². The summed E-state index contributed by atoms with van der Waals surface area (Å²) in [4.78, 5) is 0. The zero-order valence-electron chi connectivity index (χ0n) is 7.80. The van der Waals surface area contributed by atoms with E-state index in [1.807, 2.05) is 0 Å². The van der Waals surface area contributed by atoms with Crippen molar-refractivity contribution in [1.82, 2.24) is 0 Å². The van der Waals surface area contributed by atoms with Gasteiger partial charge in [-0.15, -0.1) is 0 Å². The quantitative estimate of drug-likeness (QED) is 0.847. The van der Waals surface area contributed by atoms with Crippen LogP contribution in [0.5, 0.6) is 11.5 Å². The second kappa shape index (κ2) is 4.48. The average molecular weight is 221 g/mol. The number of ether oxygens (including phenoxy) is 2. The molecular weight excluding hydrogens is 211 g/mol. The van der Waals surface area contributed by atoms with Crippen molar-refractivity contribution in [2.45, 2.75) is 6.61 Å². The van der Waals surface area contributed by atoms with Gasteiger partial charge in [0, 0.05) is 11.6 Å². The molecule has 14 heavy (non-hydrogen) atoms. The molecule has 0 aliphatic heterocycles. The highest BCUT2D eigenvalue weighted by Gasteiger charge is 2.17. The molecule has 5 heteroatoms. The summed E-state index contributed by atoms with van der Waals surface area (Å²) in [5.74, 6) is -0.187. The lowest BCUT2D eigenvalue weighted by molar-refractivity contribution is 0.269. The van der Waals surface area contributed by atoms with Crippen LogP contribution in [0.4, 0.5) is 4.39 Å². The van der Waals surface area contributed by atoms with E-state index >= 15 is 0 Å². The Morgan fingerprint density at radius 2 is 2.07 bits per heavy atom. The van der Waals surface area contributed by atoms with Gasteiger partial charge in [0.25, 0.3) is 0 Å². The number of aliphatic hydroxyl groups excluding tert-OH is 1. The molecule has 0 heterocycles. The molecule has 1 rings (SSSR count). The fourth-order valence-electron chi connectivity index (χ4n) is 1.15. The summed E-state index contributed by atoms with van der Waals surface area (Å²) in [6.07, 6.45) is 0. The second-order valence-electron chi connectivity index (χ2n) is 2.54. The van der Waals surface area contributed by atoms with Crippen molar-refractivity contribution < 1.29 is 19.0 Å². The van der Waals surface area contributed by atoms with Crippen molar-refractivity contribution in [3.8, 4) is 11.5 Å². The lowest BCUT2D eigenvalue weighted by Crippen LogP contribution is -1.99. The van der Waals surface area contributed by atoms with Gasteiger partial charge in [-0.1, -0.05) is 11.6 Å². The van der Waals surface area contributed by atoms with Crippen LogP contribution in [0, 0.1) is 5.82 Å². The van der Waals surface area contributed by atoms with Crippen LogP contribution in [0.1, 0.15) is 5.56 Å². The Kier molecular flexibility index (Phi) is 3.55. The second-order valence-corrected chi connectivity index (χ2v) is 2.92. The van der Waals surface area contributed by atoms with Crippen LogP contribution >= 0.6 is 11.6 Å². The Morgan fingerprint density at radius 3 is 2.50 bits per heavy atom. The first-order chi connectivity index (χ1) is 6.65. The van der Waals surface area contributed by atoms with Crippen molar-refractivity contribution in [3.63, 3.8) is 0 Å². The summed E-state index contributed by atoms with van der Waals surface area (Å²) in [7, 11) is 2.78. The summed E-state index contributed by atoms with van der Waals surface area (Å²) in [6, 6.07) is 1.11. The van der Waals surface area contributed by atoms with Gasteiger partial charge in [0.2, 0.25) is 0 Å². The van der Waals surface area contributed by atoms with E-state index in [4.69, 9.17) is 26.2 Å². The number of rotatable bonds is 3. The number of hydrogen-bond acceptors (Lipinski definition) is 3. The molecule has 1 aromatic carbocycles. The van der Waals surface area contributed by atoms with Gasteiger partial charge in [-0.3, -0.25) is 0 Å². The molecule has 0 radical (unpaired) electrons. The summed E-state index contributed by atoms with van der Waals surface area (Å²) in [5.41, 5.74) is 0.186. The zero-order valence-corrected chi connectivity index (χ0v) is 8.56. The highest BCUT2D eigenvalue weighted by molar-refractivity contribution is 6.31. The minimum atomic E-state index is -0.645. The first-order valence-corrected chi connectivity index (χ1v) is 4.23.